The quantitative estimate of drug-likeness (QED) is 0.304. The second-order valence-corrected chi connectivity index (χ2v) is 8.75. The van der Waals surface area contributed by atoms with Crippen molar-refractivity contribution in [3.8, 4) is 0 Å². The van der Waals surface area contributed by atoms with Gasteiger partial charge < -0.3 is 15.1 Å². The number of nitrogens with one attached hydrogen (secondary N) is 2. The molecule has 1 fully saturated rings. The minimum absolute atomic E-state index is 0.249. The summed E-state index contributed by atoms with van der Waals surface area (Å²) in [6.45, 7) is 6.88. The van der Waals surface area contributed by atoms with Gasteiger partial charge in [0, 0.05) is 54.0 Å². The number of aryl methyl sites for hydroxylation is 2. The molecule has 0 amide bonds. The molecule has 34 heavy (non-hydrogen) atoms. The summed E-state index contributed by atoms with van der Waals surface area (Å²) >= 11 is 11.5. The third-order valence-electron chi connectivity index (χ3n) is 5.28. The Morgan fingerprint density at radius 1 is 0.941 bits per heavy atom. The maximum absolute atomic E-state index is 13.2. The monoisotopic (exact) mass is 497 g/mol. The molecule has 1 aliphatic rings. The highest BCUT2D eigenvalue weighted by atomic mass is 35.5. The highest BCUT2D eigenvalue weighted by Gasteiger charge is 2.21. The number of guanidine groups is 1. The zero-order valence-corrected chi connectivity index (χ0v) is 20.5. The van der Waals surface area contributed by atoms with Gasteiger partial charge in [0.15, 0.2) is 0 Å². The van der Waals surface area contributed by atoms with E-state index in [1.807, 2.05) is 44.2 Å². The maximum atomic E-state index is 13.2. The molecule has 2 aromatic carbocycles. The van der Waals surface area contributed by atoms with Crippen molar-refractivity contribution in [1.29, 1.82) is 0 Å². The summed E-state index contributed by atoms with van der Waals surface area (Å²) in [6, 6.07) is 15.7. The molecule has 3 aromatic rings. The van der Waals surface area contributed by atoms with Gasteiger partial charge in [-0.3, -0.25) is 5.32 Å². The van der Waals surface area contributed by atoms with E-state index in [1.165, 1.54) is 12.1 Å². The van der Waals surface area contributed by atoms with Crippen molar-refractivity contribution in [3.05, 3.63) is 76.8 Å². The van der Waals surface area contributed by atoms with Crippen molar-refractivity contribution >= 4 is 52.2 Å². The van der Waals surface area contributed by atoms with E-state index in [0.717, 1.165) is 48.3 Å². The Labute approximate surface area is 208 Å². The van der Waals surface area contributed by atoms with Crippen molar-refractivity contribution in [3.63, 3.8) is 0 Å². The van der Waals surface area contributed by atoms with E-state index < -0.39 is 0 Å². The van der Waals surface area contributed by atoms with E-state index >= 15 is 0 Å². The lowest BCUT2D eigenvalue weighted by Crippen LogP contribution is -2.51. The summed E-state index contributed by atoms with van der Waals surface area (Å²) in [5.74, 6) is 0.703. The van der Waals surface area contributed by atoms with Crippen LogP contribution in [0.2, 0.25) is 5.02 Å². The molecule has 0 bridgehead atoms. The molecule has 2 heterocycles. The van der Waals surface area contributed by atoms with Crippen molar-refractivity contribution in [1.82, 2.24) is 14.9 Å². The summed E-state index contributed by atoms with van der Waals surface area (Å²) in [4.78, 5) is 18.0. The van der Waals surface area contributed by atoms with Crippen LogP contribution in [0.3, 0.4) is 0 Å². The van der Waals surface area contributed by atoms with E-state index in [9.17, 15) is 4.39 Å². The lowest BCUT2D eigenvalue weighted by Gasteiger charge is -2.37. The average Bonchev–Trinajstić information content (AvgIpc) is 2.80. The molecule has 1 saturated heterocycles. The molecule has 1 aliphatic heterocycles. The molecule has 0 atom stereocenters. The number of aromatic nitrogens is 2. The molecule has 7 nitrogen and oxygen atoms in total. The van der Waals surface area contributed by atoms with Gasteiger partial charge in [0.2, 0.25) is 17.0 Å². The highest BCUT2D eigenvalue weighted by molar-refractivity contribution is 7.80. The van der Waals surface area contributed by atoms with Crippen LogP contribution < -0.4 is 15.5 Å². The molecule has 0 radical (unpaired) electrons. The first-order valence-electron chi connectivity index (χ1n) is 10.9. The molecule has 10 heteroatoms. The Balaban J connectivity index is 1.52. The lowest BCUT2D eigenvalue weighted by molar-refractivity contribution is 0.385. The van der Waals surface area contributed by atoms with Crippen LogP contribution in [0, 0.1) is 19.7 Å². The van der Waals surface area contributed by atoms with Crippen LogP contribution in [0.25, 0.3) is 0 Å². The zero-order chi connectivity index (χ0) is 24.1. The first-order chi connectivity index (χ1) is 16.4. The second-order valence-electron chi connectivity index (χ2n) is 7.92. The van der Waals surface area contributed by atoms with Gasteiger partial charge in [-0.05, 0) is 80.7 Å². The second kappa shape index (κ2) is 10.8. The Morgan fingerprint density at radius 2 is 1.56 bits per heavy atom. The molecule has 0 aliphatic carbocycles. The third-order valence-corrected chi connectivity index (χ3v) is 5.73. The fourth-order valence-electron chi connectivity index (χ4n) is 3.67. The van der Waals surface area contributed by atoms with E-state index in [0.29, 0.717) is 17.6 Å². The Morgan fingerprint density at radius 3 is 2.18 bits per heavy atom. The van der Waals surface area contributed by atoms with Gasteiger partial charge in [0.05, 0.1) is 0 Å². The Bertz CT molecular complexity index is 1160. The van der Waals surface area contributed by atoms with Crippen LogP contribution in [-0.2, 0) is 0 Å². The van der Waals surface area contributed by atoms with Crippen LogP contribution in [0.15, 0.2) is 59.6 Å². The van der Waals surface area contributed by atoms with Crippen LogP contribution >= 0.6 is 23.8 Å². The maximum Gasteiger partial charge on any atom is 0.229 e. The Hall–Kier alpha value is -3.30. The number of nitrogens with zero attached hydrogens (tertiary/aromatic N) is 5. The normalized spacial score (nSPS) is 14.2. The molecule has 2 N–H and O–H groups in total. The number of benzene rings is 2. The fourth-order valence-corrected chi connectivity index (χ4v) is 4.00. The van der Waals surface area contributed by atoms with Gasteiger partial charge in [-0.15, -0.1) is 0 Å². The Kier molecular flexibility index (Phi) is 7.54. The van der Waals surface area contributed by atoms with Gasteiger partial charge in [0.1, 0.15) is 5.82 Å². The predicted octanol–water partition coefficient (Wildman–Crippen LogP) is 4.87. The molecular weight excluding hydrogens is 473 g/mol. The van der Waals surface area contributed by atoms with Gasteiger partial charge in [-0.2, -0.15) is 4.99 Å². The summed E-state index contributed by atoms with van der Waals surface area (Å²) in [5, 5.41) is 7.25. The molecule has 176 valence electrons. The number of anilines is 3. The fraction of sp³-hybridized carbons (Fsp3) is 0.250. The minimum atomic E-state index is -0.312. The number of halogens is 2. The largest absolute Gasteiger partial charge is 0.368 e. The van der Waals surface area contributed by atoms with Crippen molar-refractivity contribution in [2.45, 2.75) is 13.8 Å². The van der Waals surface area contributed by atoms with Crippen LogP contribution in [0.1, 0.15) is 11.4 Å². The summed E-state index contributed by atoms with van der Waals surface area (Å²) in [6.07, 6.45) is 0. The average molecular weight is 498 g/mol. The number of hydrogen-bond acceptors (Lipinski definition) is 4. The first-order valence-corrected chi connectivity index (χ1v) is 11.6. The number of piperazine rings is 1. The van der Waals surface area contributed by atoms with E-state index in [-0.39, 0.29) is 10.9 Å². The summed E-state index contributed by atoms with van der Waals surface area (Å²) in [7, 11) is 0. The van der Waals surface area contributed by atoms with Gasteiger partial charge in [-0.1, -0.05) is 11.6 Å². The van der Waals surface area contributed by atoms with E-state index in [1.54, 1.807) is 12.1 Å². The van der Waals surface area contributed by atoms with Gasteiger partial charge in [-0.25, -0.2) is 14.4 Å². The van der Waals surface area contributed by atoms with Crippen LogP contribution in [-0.4, -0.2) is 52.1 Å². The van der Waals surface area contributed by atoms with Crippen molar-refractivity contribution < 1.29 is 4.39 Å². The topological polar surface area (TPSA) is 68.7 Å². The third kappa shape index (κ3) is 6.39. The van der Waals surface area contributed by atoms with Gasteiger partial charge in [0.25, 0.3) is 0 Å². The smallest absolute Gasteiger partial charge is 0.229 e. The number of thiocarbonyl (C=S) groups is 1. The number of rotatable bonds is 3. The highest BCUT2D eigenvalue weighted by Crippen LogP contribution is 2.20. The predicted molar refractivity (Wildman–Crippen MR) is 140 cm³/mol. The SMILES string of the molecule is Cc1cc(C)nc(N/C(=N/C(=S)Nc2ccc(F)cc2)N2CCN(c3ccc(Cl)cc3)CC2)n1. The van der Waals surface area contributed by atoms with E-state index in [2.05, 4.69) is 35.4 Å². The molecule has 1 aromatic heterocycles. The van der Waals surface area contributed by atoms with Crippen molar-refractivity contribution in [2.24, 2.45) is 4.99 Å². The number of aliphatic imine (C=N–C) groups is 1. The van der Waals surface area contributed by atoms with Crippen molar-refractivity contribution in [2.75, 3.05) is 41.7 Å². The molecular formula is C24H25ClFN7S. The van der Waals surface area contributed by atoms with E-state index in [4.69, 9.17) is 23.8 Å². The molecule has 4 rings (SSSR count). The summed E-state index contributed by atoms with van der Waals surface area (Å²) in [5.41, 5.74) is 3.49. The molecule has 0 spiro atoms. The zero-order valence-electron chi connectivity index (χ0n) is 18.9. The number of hydrogen-bond donors (Lipinski definition) is 2. The minimum Gasteiger partial charge on any atom is -0.368 e. The van der Waals surface area contributed by atoms with Crippen LogP contribution in [0.4, 0.5) is 21.7 Å². The van der Waals surface area contributed by atoms with Gasteiger partial charge >= 0.3 is 0 Å². The molecule has 0 saturated carbocycles. The van der Waals surface area contributed by atoms with Crippen LogP contribution in [0.5, 0.6) is 0 Å². The molecule has 0 unspecified atom stereocenters. The standard InChI is InChI=1S/C24H25ClFN7S/c1-16-15-17(2)28-22(27-16)30-23(31-24(34)29-20-7-5-19(26)6-8-20)33-13-11-32(12-14-33)21-9-3-18(25)4-10-21/h3-10,15H,11-14H2,1-2H3,(H2,27,28,29,30,31,34). The summed E-state index contributed by atoms with van der Waals surface area (Å²) < 4.78 is 13.2. The first kappa shape index (κ1) is 23.8. The lowest BCUT2D eigenvalue weighted by atomic mass is 10.2.